The largest absolute Gasteiger partial charge is 0.343 e. The van der Waals surface area contributed by atoms with E-state index in [2.05, 4.69) is 26.3 Å². The average molecular weight is 796 g/mol. The second kappa shape index (κ2) is 17.3. The minimum Gasteiger partial charge on any atom is -0.343 e. The number of anilines is 2. The molecule has 0 radical (unpaired) electrons. The third-order valence-corrected chi connectivity index (χ3v) is 10.5. The Kier molecular flexibility index (Phi) is 12.3. The lowest BCUT2D eigenvalue weighted by Gasteiger charge is -2.45. The number of amides is 8. The first-order valence-corrected chi connectivity index (χ1v) is 18.9. The van der Waals surface area contributed by atoms with E-state index in [0.29, 0.717) is 24.3 Å². The fourth-order valence-electron chi connectivity index (χ4n) is 7.29. The quantitative estimate of drug-likeness (QED) is 0.199. The predicted octanol–water partition coefficient (Wildman–Crippen LogP) is 3.23. The minimum absolute atomic E-state index is 0.0429. The van der Waals surface area contributed by atoms with Gasteiger partial charge in [0.25, 0.3) is 11.8 Å². The molecule has 2 unspecified atom stereocenters. The third kappa shape index (κ3) is 9.20. The van der Waals surface area contributed by atoms with Gasteiger partial charge in [-0.2, -0.15) is 0 Å². The van der Waals surface area contributed by atoms with Gasteiger partial charge in [-0.1, -0.05) is 39.0 Å². The maximum atomic E-state index is 15.4. The Bertz CT molecular complexity index is 2120. The summed E-state index contributed by atoms with van der Waals surface area (Å²) in [5.74, 6) is -4.78. The molecule has 6 rings (SSSR count). The summed E-state index contributed by atoms with van der Waals surface area (Å²) < 4.78 is 15.4. The maximum absolute atomic E-state index is 15.4. The number of fused-ring (bicyclic) bond motifs is 1. The Morgan fingerprint density at radius 1 is 0.879 bits per heavy atom. The molecule has 1 saturated heterocycles. The highest BCUT2D eigenvalue weighted by molar-refractivity contribution is 6.14. The van der Waals surface area contributed by atoms with Gasteiger partial charge in [-0.25, -0.2) is 14.2 Å². The van der Waals surface area contributed by atoms with Gasteiger partial charge in [0.1, 0.15) is 24.4 Å². The molecule has 3 aliphatic rings. The summed E-state index contributed by atoms with van der Waals surface area (Å²) in [5, 5.41) is 13.9. The van der Waals surface area contributed by atoms with E-state index >= 15 is 4.39 Å². The molecule has 17 heteroatoms. The van der Waals surface area contributed by atoms with E-state index in [1.807, 2.05) is 42.3 Å². The van der Waals surface area contributed by atoms with E-state index in [1.54, 1.807) is 49.3 Å². The van der Waals surface area contributed by atoms with Gasteiger partial charge in [-0.05, 0) is 71.3 Å². The molecule has 1 aromatic heterocycles. The zero-order chi connectivity index (χ0) is 41.8. The fourth-order valence-corrected chi connectivity index (χ4v) is 7.29. The van der Waals surface area contributed by atoms with Crippen molar-refractivity contribution in [2.24, 2.45) is 11.8 Å². The molecule has 58 heavy (non-hydrogen) atoms. The number of nitrogens with one attached hydrogen (secondary N) is 4. The molecule has 16 nitrogen and oxygen atoms in total. The number of carbonyl (C=O) groups excluding carboxylic acids is 7. The zero-order valence-corrected chi connectivity index (χ0v) is 32.8. The van der Waals surface area contributed by atoms with Crippen molar-refractivity contribution in [3.8, 4) is 0 Å². The number of hydrazine groups is 1. The molecular formula is C41H46FN9O7. The van der Waals surface area contributed by atoms with Crippen molar-refractivity contribution < 1.29 is 38.0 Å². The van der Waals surface area contributed by atoms with Crippen LogP contribution in [0.15, 0.2) is 73.1 Å². The molecule has 8 amide bonds. The van der Waals surface area contributed by atoms with Crippen molar-refractivity contribution >= 4 is 52.8 Å². The molecule has 0 bridgehead atoms. The van der Waals surface area contributed by atoms with Crippen LogP contribution in [0.2, 0.25) is 0 Å². The number of nitrogens with zero attached hydrogens (tertiary/aromatic N) is 5. The number of carbonyl (C=O) groups is 7. The van der Waals surface area contributed by atoms with E-state index in [9.17, 15) is 33.6 Å². The minimum atomic E-state index is -1.14. The summed E-state index contributed by atoms with van der Waals surface area (Å²) in [6.07, 6.45) is 5.84. The van der Waals surface area contributed by atoms with Crippen LogP contribution in [-0.2, 0) is 48.4 Å². The molecule has 4 atom stereocenters. The average Bonchev–Trinajstić information content (AvgIpc) is 3.76. The van der Waals surface area contributed by atoms with Gasteiger partial charge in [0.15, 0.2) is 0 Å². The summed E-state index contributed by atoms with van der Waals surface area (Å²) in [7, 11) is 1.80. The smallest absolute Gasteiger partial charge is 0.322 e. The molecule has 2 aromatic carbocycles. The van der Waals surface area contributed by atoms with Crippen LogP contribution in [0.4, 0.5) is 20.6 Å². The zero-order valence-electron chi connectivity index (χ0n) is 32.8. The van der Waals surface area contributed by atoms with Crippen LogP contribution in [-0.4, -0.2) is 92.0 Å². The van der Waals surface area contributed by atoms with Crippen LogP contribution in [0.5, 0.6) is 0 Å². The monoisotopic (exact) mass is 795 g/mol. The Hall–Kier alpha value is -6.49. The van der Waals surface area contributed by atoms with E-state index in [0.717, 1.165) is 33.7 Å². The van der Waals surface area contributed by atoms with Crippen LogP contribution in [0.25, 0.3) is 0 Å². The summed E-state index contributed by atoms with van der Waals surface area (Å²) in [6.45, 7) is 7.22. The first kappa shape index (κ1) is 41.2. The molecule has 3 aliphatic heterocycles. The number of rotatable bonds is 12. The van der Waals surface area contributed by atoms with Crippen molar-refractivity contribution in [3.05, 3.63) is 101 Å². The van der Waals surface area contributed by atoms with Gasteiger partial charge in [-0.15, -0.1) is 0 Å². The van der Waals surface area contributed by atoms with Gasteiger partial charge in [0.2, 0.25) is 23.6 Å². The first-order valence-electron chi connectivity index (χ1n) is 18.9. The maximum Gasteiger partial charge on any atom is 0.322 e. The van der Waals surface area contributed by atoms with E-state index in [-0.39, 0.29) is 42.6 Å². The Morgan fingerprint density at radius 2 is 1.57 bits per heavy atom. The van der Waals surface area contributed by atoms with E-state index in [4.69, 9.17) is 0 Å². The van der Waals surface area contributed by atoms with Crippen LogP contribution in [0.1, 0.15) is 62.4 Å². The Labute approximate surface area is 334 Å². The lowest BCUT2D eigenvalue weighted by Crippen LogP contribution is -2.55. The molecule has 3 aromatic rings. The number of pyridine rings is 1. The standard InChI is InChI=1S/C41H46FN9O7/c1-23(2)37(47-33(52)22-50-34(53)12-13-35(50)54)40(57)44-25(4)39(56)46-32-11-6-26(17-31(32)42)19-51-36(55)16-24(3)38(48(51)5)27-7-9-30(10-8-27)45-41(58)49-20-28-14-15-43-18-29(28)21-49/h6-15,17-18,23-25,37-38H,16,19-22H2,1-5H3,(H,44,57)(H,45,58)(H,46,56)(H,47,52)/t24?,25-,37-,38?/m0/s1. The Morgan fingerprint density at radius 3 is 2.22 bits per heavy atom. The summed E-state index contributed by atoms with van der Waals surface area (Å²) in [4.78, 5) is 95.1. The van der Waals surface area contributed by atoms with Gasteiger partial charge < -0.3 is 26.2 Å². The number of urea groups is 1. The van der Waals surface area contributed by atoms with Crippen molar-refractivity contribution in [2.45, 2.75) is 71.9 Å². The van der Waals surface area contributed by atoms with Crippen molar-refractivity contribution in [2.75, 3.05) is 24.2 Å². The molecule has 4 heterocycles. The van der Waals surface area contributed by atoms with Crippen LogP contribution in [0.3, 0.4) is 0 Å². The highest BCUT2D eigenvalue weighted by atomic mass is 19.1. The molecular weight excluding hydrogens is 750 g/mol. The first-order chi connectivity index (χ1) is 27.6. The SMILES string of the molecule is CC1CC(=O)N(Cc2ccc(NC(=O)[C@H](C)NC(=O)[C@@H](NC(=O)CN3C(=O)C=CC3=O)C(C)C)c(F)c2)N(C)C1c1ccc(NC(=O)N2Cc3ccncc3C2)cc1. The normalized spacial score (nSPS) is 18.9. The van der Waals surface area contributed by atoms with Crippen LogP contribution >= 0.6 is 0 Å². The molecule has 0 saturated carbocycles. The number of imide groups is 1. The van der Waals surface area contributed by atoms with Crippen molar-refractivity contribution in [1.29, 1.82) is 0 Å². The van der Waals surface area contributed by atoms with Crippen LogP contribution in [0, 0.1) is 17.7 Å². The summed E-state index contributed by atoms with van der Waals surface area (Å²) >= 11 is 0. The summed E-state index contributed by atoms with van der Waals surface area (Å²) in [6, 6.07) is 11.0. The molecule has 0 aliphatic carbocycles. The van der Waals surface area contributed by atoms with Gasteiger partial charge in [0.05, 0.1) is 18.3 Å². The van der Waals surface area contributed by atoms with Crippen molar-refractivity contribution in [3.63, 3.8) is 0 Å². The van der Waals surface area contributed by atoms with E-state index in [1.165, 1.54) is 19.1 Å². The predicted molar refractivity (Wildman–Crippen MR) is 209 cm³/mol. The molecule has 0 spiro atoms. The fraction of sp³-hybridized carbons (Fsp3) is 0.366. The lowest BCUT2D eigenvalue weighted by molar-refractivity contribution is -0.167. The molecule has 1 fully saturated rings. The second-order valence-corrected chi connectivity index (χ2v) is 15.1. The lowest BCUT2D eigenvalue weighted by atomic mass is 9.89. The van der Waals surface area contributed by atoms with Crippen LogP contribution < -0.4 is 21.3 Å². The van der Waals surface area contributed by atoms with Gasteiger partial charge in [-0.3, -0.25) is 43.7 Å². The van der Waals surface area contributed by atoms with Crippen molar-refractivity contribution in [1.82, 2.24) is 35.4 Å². The summed E-state index contributed by atoms with van der Waals surface area (Å²) in [5.41, 5.74) is 4.01. The third-order valence-electron chi connectivity index (χ3n) is 10.5. The van der Waals surface area contributed by atoms with Gasteiger partial charge in [0, 0.05) is 56.8 Å². The highest BCUT2D eigenvalue weighted by Crippen LogP contribution is 2.37. The Balaban J connectivity index is 1.02. The number of hydrogen-bond acceptors (Lipinski definition) is 9. The van der Waals surface area contributed by atoms with Gasteiger partial charge >= 0.3 is 6.03 Å². The van der Waals surface area contributed by atoms with E-state index < -0.39 is 59.9 Å². The highest BCUT2D eigenvalue weighted by Gasteiger charge is 2.37. The second-order valence-electron chi connectivity index (χ2n) is 15.1. The number of halogens is 1. The molecule has 304 valence electrons. The number of benzene rings is 2. The number of hydrogen-bond donors (Lipinski definition) is 4. The molecule has 4 N–H and O–H groups in total. The topological polar surface area (TPSA) is 193 Å². The number of aromatic nitrogens is 1.